The van der Waals surface area contributed by atoms with E-state index >= 15 is 0 Å². The lowest BCUT2D eigenvalue weighted by Gasteiger charge is -2.13. The number of amides is 1. The molecule has 0 aliphatic heterocycles. The van der Waals surface area contributed by atoms with Crippen LogP contribution in [0.5, 0.6) is 5.75 Å². The summed E-state index contributed by atoms with van der Waals surface area (Å²) < 4.78 is 16.5. The van der Waals surface area contributed by atoms with E-state index in [1.807, 2.05) is 19.1 Å². The molecule has 0 fully saturated rings. The lowest BCUT2D eigenvalue weighted by molar-refractivity contribution is -0.118. The molecule has 2 aromatic carbocycles. The molecule has 0 spiro atoms. The van der Waals surface area contributed by atoms with E-state index in [1.54, 1.807) is 0 Å². The van der Waals surface area contributed by atoms with Crippen LogP contribution in [0.3, 0.4) is 0 Å². The van der Waals surface area contributed by atoms with Gasteiger partial charge in [-0.15, -0.1) is 0 Å². The molecular formula is C19H17Br2NO6. The largest absolute Gasteiger partial charge is 0.482 e. The zero-order valence-corrected chi connectivity index (χ0v) is 18.5. The highest BCUT2D eigenvalue weighted by atomic mass is 79.9. The third-order valence-electron chi connectivity index (χ3n) is 3.60. The van der Waals surface area contributed by atoms with Gasteiger partial charge in [-0.25, -0.2) is 9.59 Å². The van der Waals surface area contributed by atoms with E-state index in [0.717, 1.165) is 10.0 Å². The van der Waals surface area contributed by atoms with Gasteiger partial charge in [0, 0.05) is 10.2 Å². The van der Waals surface area contributed by atoms with Crippen molar-refractivity contribution in [1.29, 1.82) is 0 Å². The number of benzene rings is 2. The van der Waals surface area contributed by atoms with Crippen molar-refractivity contribution in [3.05, 3.63) is 56.0 Å². The van der Waals surface area contributed by atoms with Gasteiger partial charge in [0.25, 0.3) is 5.91 Å². The molecule has 2 rings (SSSR count). The van der Waals surface area contributed by atoms with E-state index in [0.29, 0.717) is 10.2 Å². The zero-order valence-electron chi connectivity index (χ0n) is 15.3. The number of ether oxygens (including phenoxy) is 3. The molecule has 9 heteroatoms. The SMILES string of the molecule is COC(=O)c1cc(NC(=O)COc2c(C)cc(Br)cc2Br)cc(C(=O)OC)c1. The van der Waals surface area contributed by atoms with E-state index in [2.05, 4.69) is 46.7 Å². The van der Waals surface area contributed by atoms with Crippen molar-refractivity contribution in [2.45, 2.75) is 6.92 Å². The van der Waals surface area contributed by atoms with Crippen molar-refractivity contribution >= 4 is 55.4 Å². The molecule has 0 aliphatic rings. The first-order valence-electron chi connectivity index (χ1n) is 7.95. The maximum Gasteiger partial charge on any atom is 0.337 e. The maximum absolute atomic E-state index is 12.3. The molecule has 148 valence electrons. The summed E-state index contributed by atoms with van der Waals surface area (Å²) in [5.74, 6) is -1.22. The minimum absolute atomic E-state index is 0.105. The fourth-order valence-corrected chi connectivity index (χ4v) is 3.93. The Morgan fingerprint density at radius 1 is 0.929 bits per heavy atom. The summed E-state index contributed by atoms with van der Waals surface area (Å²) in [6.07, 6.45) is 0. The van der Waals surface area contributed by atoms with Gasteiger partial charge in [-0.2, -0.15) is 0 Å². The number of nitrogens with one attached hydrogen (secondary N) is 1. The Labute approximate surface area is 178 Å². The van der Waals surface area contributed by atoms with Crippen molar-refractivity contribution in [3.63, 3.8) is 0 Å². The van der Waals surface area contributed by atoms with Gasteiger partial charge in [-0.05, 0) is 58.7 Å². The van der Waals surface area contributed by atoms with Crippen molar-refractivity contribution in [2.75, 3.05) is 26.1 Å². The van der Waals surface area contributed by atoms with Gasteiger partial charge < -0.3 is 19.5 Å². The van der Waals surface area contributed by atoms with Crippen LogP contribution in [0.2, 0.25) is 0 Å². The lowest BCUT2D eigenvalue weighted by atomic mass is 10.1. The predicted molar refractivity (Wildman–Crippen MR) is 110 cm³/mol. The summed E-state index contributed by atoms with van der Waals surface area (Å²) >= 11 is 6.77. The molecule has 0 aliphatic carbocycles. The van der Waals surface area contributed by atoms with Crippen molar-refractivity contribution in [2.24, 2.45) is 0 Å². The molecule has 1 amide bonds. The van der Waals surface area contributed by atoms with Crippen molar-refractivity contribution in [3.8, 4) is 5.75 Å². The molecule has 1 N–H and O–H groups in total. The van der Waals surface area contributed by atoms with Crippen LogP contribution >= 0.6 is 31.9 Å². The van der Waals surface area contributed by atoms with E-state index in [-0.39, 0.29) is 23.4 Å². The summed E-state index contributed by atoms with van der Waals surface area (Å²) in [6.45, 7) is 1.59. The molecule has 0 saturated carbocycles. The van der Waals surface area contributed by atoms with Crippen LogP contribution < -0.4 is 10.1 Å². The van der Waals surface area contributed by atoms with Crippen molar-refractivity contribution < 1.29 is 28.6 Å². The fraction of sp³-hybridized carbons (Fsp3) is 0.211. The minimum Gasteiger partial charge on any atom is -0.482 e. The molecule has 0 aromatic heterocycles. The third kappa shape index (κ3) is 5.56. The van der Waals surface area contributed by atoms with Crippen LogP contribution in [0.25, 0.3) is 0 Å². The molecular weight excluding hydrogens is 498 g/mol. The number of carbonyl (C=O) groups is 3. The number of methoxy groups -OCH3 is 2. The number of hydrogen-bond donors (Lipinski definition) is 1. The standard InChI is InChI=1S/C19H17Br2NO6/c1-10-4-13(20)8-15(21)17(10)28-9-16(23)22-14-6-11(18(24)26-2)5-12(7-14)19(25)27-3/h4-8H,9H2,1-3H3,(H,22,23). The van der Waals surface area contributed by atoms with Crippen LogP contribution in [0.1, 0.15) is 26.3 Å². The van der Waals surface area contributed by atoms with Crippen LogP contribution in [0.4, 0.5) is 5.69 Å². The van der Waals surface area contributed by atoms with Crippen LogP contribution in [0, 0.1) is 6.92 Å². The molecule has 0 atom stereocenters. The quantitative estimate of drug-likeness (QED) is 0.583. The average molecular weight is 515 g/mol. The molecule has 0 radical (unpaired) electrons. The highest BCUT2D eigenvalue weighted by Crippen LogP contribution is 2.32. The summed E-state index contributed by atoms with van der Waals surface area (Å²) in [6, 6.07) is 7.79. The highest BCUT2D eigenvalue weighted by Gasteiger charge is 2.16. The van der Waals surface area contributed by atoms with Gasteiger partial charge in [0.2, 0.25) is 0 Å². The van der Waals surface area contributed by atoms with Crippen LogP contribution in [-0.2, 0) is 14.3 Å². The Hall–Kier alpha value is -2.39. The van der Waals surface area contributed by atoms with Gasteiger partial charge in [0.1, 0.15) is 5.75 Å². The van der Waals surface area contributed by atoms with E-state index in [1.165, 1.54) is 32.4 Å². The maximum atomic E-state index is 12.3. The number of anilines is 1. The number of halogens is 2. The van der Waals surface area contributed by atoms with E-state index in [9.17, 15) is 14.4 Å². The Bertz CT molecular complexity index is 871. The molecule has 0 bridgehead atoms. The Balaban J connectivity index is 2.17. The van der Waals surface area contributed by atoms with Gasteiger partial charge in [-0.1, -0.05) is 15.9 Å². The van der Waals surface area contributed by atoms with Gasteiger partial charge in [0.05, 0.1) is 29.8 Å². The highest BCUT2D eigenvalue weighted by molar-refractivity contribution is 9.11. The topological polar surface area (TPSA) is 90.9 Å². The second kappa shape index (κ2) is 9.70. The zero-order chi connectivity index (χ0) is 20.8. The van der Waals surface area contributed by atoms with E-state index < -0.39 is 17.8 Å². The molecule has 7 nitrogen and oxygen atoms in total. The number of carbonyl (C=O) groups excluding carboxylic acids is 3. The molecule has 0 saturated heterocycles. The van der Waals surface area contributed by atoms with Crippen molar-refractivity contribution in [1.82, 2.24) is 0 Å². The van der Waals surface area contributed by atoms with E-state index in [4.69, 9.17) is 4.74 Å². The van der Waals surface area contributed by atoms with Crippen LogP contribution in [0.15, 0.2) is 39.3 Å². The minimum atomic E-state index is -0.646. The summed E-state index contributed by atoms with van der Waals surface area (Å²) in [5.41, 5.74) is 1.29. The predicted octanol–water partition coefficient (Wildman–Crippen LogP) is 4.11. The fourth-order valence-electron chi connectivity index (χ4n) is 2.38. The lowest BCUT2D eigenvalue weighted by Crippen LogP contribution is -2.21. The number of hydrogen-bond acceptors (Lipinski definition) is 6. The number of rotatable bonds is 6. The molecule has 2 aromatic rings. The first-order chi connectivity index (χ1) is 13.2. The van der Waals surface area contributed by atoms with Gasteiger partial charge >= 0.3 is 11.9 Å². The normalized spacial score (nSPS) is 10.2. The third-order valence-corrected chi connectivity index (χ3v) is 4.65. The summed E-state index contributed by atoms with van der Waals surface area (Å²) in [7, 11) is 2.44. The summed E-state index contributed by atoms with van der Waals surface area (Å²) in [4.78, 5) is 35.9. The Morgan fingerprint density at radius 3 is 2.00 bits per heavy atom. The van der Waals surface area contributed by atoms with Gasteiger partial charge in [0.15, 0.2) is 6.61 Å². The Morgan fingerprint density at radius 2 is 1.50 bits per heavy atom. The smallest absolute Gasteiger partial charge is 0.337 e. The molecule has 0 heterocycles. The first-order valence-corrected chi connectivity index (χ1v) is 9.53. The average Bonchev–Trinajstić information content (AvgIpc) is 2.65. The number of aryl methyl sites for hydroxylation is 1. The van der Waals surface area contributed by atoms with Crippen LogP contribution in [-0.4, -0.2) is 38.7 Å². The second-order valence-corrected chi connectivity index (χ2v) is 7.42. The van der Waals surface area contributed by atoms with Gasteiger partial charge in [-0.3, -0.25) is 4.79 Å². The number of esters is 2. The first kappa shape index (κ1) is 21.9. The summed E-state index contributed by atoms with van der Waals surface area (Å²) in [5, 5.41) is 2.60. The molecule has 28 heavy (non-hydrogen) atoms. The monoisotopic (exact) mass is 513 g/mol. The Kier molecular flexibility index (Phi) is 7.59. The molecule has 0 unspecified atom stereocenters. The second-order valence-electron chi connectivity index (χ2n) is 5.65.